The van der Waals surface area contributed by atoms with Crippen molar-refractivity contribution < 1.29 is 9.53 Å². The molecule has 0 unspecified atom stereocenters. The van der Waals surface area contributed by atoms with Gasteiger partial charge in [-0.3, -0.25) is 4.79 Å². The normalized spacial score (nSPS) is 9.94. The summed E-state index contributed by atoms with van der Waals surface area (Å²) < 4.78 is 5.73. The van der Waals surface area contributed by atoms with Crippen molar-refractivity contribution >= 4 is 44.8 Å². The third-order valence-electron chi connectivity index (χ3n) is 2.32. The summed E-state index contributed by atoms with van der Waals surface area (Å²) in [5.74, 6) is -0.259. The maximum absolute atomic E-state index is 11.4. The number of rotatable bonds is 5. The maximum Gasteiger partial charge on any atom is 0.325 e. The molecule has 0 bridgehead atoms. The number of anilines is 1. The molecule has 0 amide bonds. The van der Waals surface area contributed by atoms with Crippen LogP contribution >= 0.6 is 28.1 Å². The van der Waals surface area contributed by atoms with Gasteiger partial charge in [-0.25, -0.2) is 0 Å². The van der Waals surface area contributed by atoms with Crippen LogP contribution in [0.3, 0.4) is 0 Å². The number of carbonyl (C=O) groups excluding carboxylic acids is 1. The fraction of sp³-hybridized carbons (Fsp3) is 0.333. The molecule has 1 rings (SSSR count). The van der Waals surface area contributed by atoms with E-state index in [9.17, 15) is 4.79 Å². The summed E-state index contributed by atoms with van der Waals surface area (Å²) >= 11 is 8.34. The molecule has 0 aliphatic heterocycles. The van der Waals surface area contributed by atoms with E-state index < -0.39 is 0 Å². The van der Waals surface area contributed by atoms with Crippen molar-refractivity contribution in [3.05, 3.63) is 28.2 Å². The molecule has 0 saturated heterocycles. The van der Waals surface area contributed by atoms with Crippen molar-refractivity contribution in [1.29, 1.82) is 0 Å². The Labute approximate surface area is 120 Å². The van der Waals surface area contributed by atoms with Gasteiger partial charge >= 0.3 is 5.97 Å². The van der Waals surface area contributed by atoms with E-state index in [0.29, 0.717) is 11.6 Å². The first-order chi connectivity index (χ1) is 8.45. The average molecular weight is 331 g/mol. The van der Waals surface area contributed by atoms with Gasteiger partial charge < -0.3 is 15.4 Å². The van der Waals surface area contributed by atoms with Crippen molar-refractivity contribution in [3.63, 3.8) is 0 Å². The van der Waals surface area contributed by atoms with E-state index in [1.165, 1.54) is 0 Å². The van der Waals surface area contributed by atoms with Crippen LogP contribution in [0.1, 0.15) is 12.5 Å². The Kier molecular flexibility index (Phi) is 5.55. The third kappa shape index (κ3) is 3.96. The van der Waals surface area contributed by atoms with Crippen LogP contribution in [-0.4, -0.2) is 31.2 Å². The number of benzene rings is 1. The monoisotopic (exact) mass is 330 g/mol. The molecule has 0 spiro atoms. The van der Waals surface area contributed by atoms with Gasteiger partial charge in [0.25, 0.3) is 0 Å². The van der Waals surface area contributed by atoms with E-state index in [2.05, 4.69) is 15.9 Å². The summed E-state index contributed by atoms with van der Waals surface area (Å²) in [6.45, 7) is 2.36. The van der Waals surface area contributed by atoms with Gasteiger partial charge in [0.1, 0.15) is 11.5 Å². The molecule has 0 aliphatic carbocycles. The molecule has 2 N–H and O–H groups in total. The molecule has 0 radical (unpaired) electrons. The van der Waals surface area contributed by atoms with Crippen LogP contribution in [0.2, 0.25) is 0 Å². The topological polar surface area (TPSA) is 55.6 Å². The highest BCUT2D eigenvalue weighted by molar-refractivity contribution is 9.10. The predicted molar refractivity (Wildman–Crippen MR) is 79.9 cm³/mol. The molecule has 0 saturated carbocycles. The van der Waals surface area contributed by atoms with Gasteiger partial charge in [-0.15, -0.1) is 0 Å². The molecule has 0 aliphatic rings. The van der Waals surface area contributed by atoms with Gasteiger partial charge in [-0.2, -0.15) is 0 Å². The second kappa shape index (κ2) is 6.70. The number of ether oxygens (including phenoxy) is 1. The molecule has 0 aromatic heterocycles. The van der Waals surface area contributed by atoms with Crippen molar-refractivity contribution in [1.82, 2.24) is 0 Å². The number of carbonyl (C=O) groups is 1. The van der Waals surface area contributed by atoms with Crippen LogP contribution < -0.4 is 10.6 Å². The largest absolute Gasteiger partial charge is 0.465 e. The maximum atomic E-state index is 11.4. The van der Waals surface area contributed by atoms with Gasteiger partial charge in [0.05, 0.1) is 12.3 Å². The van der Waals surface area contributed by atoms with Crippen LogP contribution in [0.25, 0.3) is 0 Å². The molecule has 4 nitrogen and oxygen atoms in total. The summed E-state index contributed by atoms with van der Waals surface area (Å²) in [5, 5.41) is 0. The Hall–Kier alpha value is -1.14. The number of esters is 1. The zero-order valence-electron chi connectivity index (χ0n) is 10.3. The molecule has 18 heavy (non-hydrogen) atoms. The molecular weight excluding hydrogens is 316 g/mol. The summed E-state index contributed by atoms with van der Waals surface area (Å²) in [5.41, 5.74) is 7.21. The quantitative estimate of drug-likeness (QED) is 0.661. The molecule has 0 atom stereocenters. The zero-order valence-corrected chi connectivity index (χ0v) is 12.7. The third-order valence-corrected chi connectivity index (χ3v) is 3.19. The Morgan fingerprint density at radius 1 is 1.56 bits per heavy atom. The molecule has 98 valence electrons. The van der Waals surface area contributed by atoms with Crippen LogP contribution in [0.5, 0.6) is 0 Å². The molecule has 6 heteroatoms. The first kappa shape index (κ1) is 14.9. The second-order valence-electron chi connectivity index (χ2n) is 3.69. The van der Waals surface area contributed by atoms with Gasteiger partial charge in [0.2, 0.25) is 0 Å². The van der Waals surface area contributed by atoms with Crippen molar-refractivity contribution in [2.45, 2.75) is 6.92 Å². The lowest BCUT2D eigenvalue weighted by molar-refractivity contribution is -0.141. The fourth-order valence-corrected chi connectivity index (χ4v) is 2.26. The average Bonchev–Trinajstić information content (AvgIpc) is 2.28. The predicted octanol–water partition coefficient (Wildman–Crippen LogP) is 2.08. The van der Waals surface area contributed by atoms with Crippen LogP contribution in [0.15, 0.2) is 22.7 Å². The molecule has 0 heterocycles. The van der Waals surface area contributed by atoms with E-state index in [1.807, 2.05) is 25.2 Å². The summed E-state index contributed by atoms with van der Waals surface area (Å²) in [6.07, 6.45) is 0. The van der Waals surface area contributed by atoms with E-state index >= 15 is 0 Å². The Morgan fingerprint density at radius 2 is 2.22 bits per heavy atom. The van der Waals surface area contributed by atoms with Crippen LogP contribution in [0, 0.1) is 0 Å². The van der Waals surface area contributed by atoms with Crippen LogP contribution in [0.4, 0.5) is 5.69 Å². The number of hydrogen-bond donors (Lipinski definition) is 1. The smallest absolute Gasteiger partial charge is 0.325 e. The van der Waals surface area contributed by atoms with Gasteiger partial charge in [-0.1, -0.05) is 12.2 Å². The zero-order chi connectivity index (χ0) is 13.7. The highest BCUT2D eigenvalue weighted by Gasteiger charge is 2.11. The van der Waals surface area contributed by atoms with Crippen LogP contribution in [-0.2, 0) is 9.53 Å². The fourth-order valence-electron chi connectivity index (χ4n) is 1.46. The number of nitrogens with zero attached hydrogens (tertiary/aromatic N) is 1. The highest BCUT2D eigenvalue weighted by Crippen LogP contribution is 2.26. The number of likely N-dealkylation sites (N-methyl/N-ethyl adjacent to an activating group) is 1. The number of thiocarbonyl (C=S) groups is 1. The van der Waals surface area contributed by atoms with E-state index in [0.717, 1.165) is 15.7 Å². The minimum atomic E-state index is -0.259. The summed E-state index contributed by atoms with van der Waals surface area (Å²) in [6, 6.07) is 5.52. The second-order valence-corrected chi connectivity index (χ2v) is 4.99. The SMILES string of the molecule is CCOC(=O)CN(C)c1ccc(C(N)=S)cc1Br. The lowest BCUT2D eigenvalue weighted by Gasteiger charge is -2.20. The van der Waals surface area contributed by atoms with Crippen molar-refractivity contribution in [2.24, 2.45) is 5.73 Å². The van der Waals surface area contributed by atoms with Crippen molar-refractivity contribution in [3.8, 4) is 0 Å². The Morgan fingerprint density at radius 3 is 2.72 bits per heavy atom. The van der Waals surface area contributed by atoms with Gasteiger partial charge in [-0.05, 0) is 41.1 Å². The molecule has 1 aromatic rings. The van der Waals surface area contributed by atoms with Gasteiger partial charge in [0, 0.05) is 17.1 Å². The number of halogens is 1. The minimum Gasteiger partial charge on any atom is -0.465 e. The highest BCUT2D eigenvalue weighted by atomic mass is 79.9. The lowest BCUT2D eigenvalue weighted by atomic mass is 10.2. The van der Waals surface area contributed by atoms with Gasteiger partial charge in [0.15, 0.2) is 0 Å². The lowest BCUT2D eigenvalue weighted by Crippen LogP contribution is -2.27. The number of hydrogen-bond acceptors (Lipinski definition) is 4. The first-order valence-corrected chi connectivity index (χ1v) is 6.62. The van der Waals surface area contributed by atoms with Crippen molar-refractivity contribution in [2.75, 3.05) is 25.1 Å². The molecule has 1 aromatic carbocycles. The number of nitrogens with two attached hydrogens (primary N) is 1. The minimum absolute atomic E-state index is 0.193. The standard InChI is InChI=1S/C12H15BrN2O2S/c1-3-17-11(16)7-15(2)10-5-4-8(12(14)18)6-9(10)13/h4-6H,3,7H2,1-2H3,(H2,14,18). The van der Waals surface area contributed by atoms with E-state index in [4.69, 9.17) is 22.7 Å². The van der Waals surface area contributed by atoms with E-state index in [-0.39, 0.29) is 12.5 Å². The Bertz CT molecular complexity index is 465. The summed E-state index contributed by atoms with van der Waals surface area (Å²) in [4.78, 5) is 13.5. The molecular formula is C12H15BrN2O2S. The van der Waals surface area contributed by atoms with E-state index in [1.54, 1.807) is 11.8 Å². The summed E-state index contributed by atoms with van der Waals surface area (Å²) in [7, 11) is 1.82. The Balaban J connectivity index is 2.83. The molecule has 0 fully saturated rings. The first-order valence-electron chi connectivity index (χ1n) is 5.41.